The number of benzene rings is 3. The zero-order valence-corrected chi connectivity index (χ0v) is 23.3. The zero-order valence-electron chi connectivity index (χ0n) is 21.8. The maximum absolute atomic E-state index is 13.7. The van der Waals surface area contributed by atoms with Gasteiger partial charge in [-0.25, -0.2) is 4.79 Å². The van der Waals surface area contributed by atoms with Crippen molar-refractivity contribution in [1.29, 1.82) is 0 Å². The first kappa shape index (κ1) is 26.9. The average Bonchev–Trinajstić information content (AvgIpc) is 3.20. The van der Waals surface area contributed by atoms with E-state index in [0.29, 0.717) is 56.3 Å². The van der Waals surface area contributed by atoms with Gasteiger partial charge in [-0.3, -0.25) is 4.79 Å². The molecule has 1 atom stereocenters. The van der Waals surface area contributed by atoms with Crippen molar-refractivity contribution in [3.63, 3.8) is 0 Å². The molecule has 200 valence electrons. The van der Waals surface area contributed by atoms with E-state index < -0.39 is 11.9 Å². The van der Waals surface area contributed by atoms with Crippen molar-refractivity contribution < 1.29 is 23.8 Å². The first-order chi connectivity index (χ1) is 18.8. The molecule has 2 aliphatic rings. The number of fused-ring (bicyclic) bond motifs is 2. The highest BCUT2D eigenvalue weighted by molar-refractivity contribution is 6.42. The number of hydrogen-bond donors (Lipinski definition) is 1. The molecule has 0 saturated carbocycles. The second-order valence-electron chi connectivity index (χ2n) is 9.16. The number of rotatable bonds is 8. The van der Waals surface area contributed by atoms with E-state index in [2.05, 4.69) is 5.32 Å². The van der Waals surface area contributed by atoms with Gasteiger partial charge in [-0.2, -0.15) is 0 Å². The summed E-state index contributed by atoms with van der Waals surface area (Å²) < 4.78 is 17.5. The molecule has 1 N–H and O–H groups in total. The Balaban J connectivity index is 1.56. The van der Waals surface area contributed by atoms with Gasteiger partial charge in [0.25, 0.3) is 0 Å². The molecular weight excluding hydrogens is 537 g/mol. The second kappa shape index (κ2) is 11.2. The van der Waals surface area contributed by atoms with Gasteiger partial charge >= 0.3 is 5.97 Å². The van der Waals surface area contributed by atoms with Gasteiger partial charge in [-0.15, -0.1) is 0 Å². The molecule has 1 aliphatic carbocycles. The maximum atomic E-state index is 13.7. The fourth-order valence-electron chi connectivity index (χ4n) is 5.02. The summed E-state index contributed by atoms with van der Waals surface area (Å²) in [5, 5.41) is 4.23. The van der Waals surface area contributed by atoms with Gasteiger partial charge in [0.15, 0.2) is 17.3 Å². The summed E-state index contributed by atoms with van der Waals surface area (Å²) in [5.74, 6) is -0.219. The van der Waals surface area contributed by atoms with Gasteiger partial charge in [-0.1, -0.05) is 59.6 Å². The Bertz CT molecular complexity index is 1540. The fourth-order valence-corrected chi connectivity index (χ4v) is 5.34. The first-order valence-corrected chi connectivity index (χ1v) is 13.5. The number of Topliss-reactive ketones (excluding diaryl/α,β-unsaturated/α-hetero) is 1. The highest BCUT2D eigenvalue weighted by Gasteiger charge is 2.43. The third kappa shape index (κ3) is 5.02. The number of carbonyl (C=O) groups is 2. The smallest absolute Gasteiger partial charge is 0.336 e. The Hall–Kier alpha value is -3.74. The van der Waals surface area contributed by atoms with Crippen molar-refractivity contribution in [2.75, 3.05) is 13.2 Å². The predicted molar refractivity (Wildman–Crippen MR) is 151 cm³/mol. The lowest BCUT2D eigenvalue weighted by molar-refractivity contribution is -0.138. The van der Waals surface area contributed by atoms with Gasteiger partial charge in [0, 0.05) is 28.3 Å². The first-order valence-electron chi connectivity index (χ1n) is 12.7. The number of hydrogen-bond acceptors (Lipinski definition) is 6. The van der Waals surface area contributed by atoms with Gasteiger partial charge < -0.3 is 19.5 Å². The van der Waals surface area contributed by atoms with Gasteiger partial charge in [0.1, 0.15) is 6.61 Å². The summed E-state index contributed by atoms with van der Waals surface area (Å²) in [7, 11) is 0. The molecule has 1 aliphatic heterocycles. The Labute approximate surface area is 237 Å². The van der Waals surface area contributed by atoms with Crippen LogP contribution in [0.25, 0.3) is 5.70 Å². The number of carbonyl (C=O) groups excluding carboxylic acids is 2. The van der Waals surface area contributed by atoms with Gasteiger partial charge in [0.05, 0.1) is 34.5 Å². The lowest BCUT2D eigenvalue weighted by atomic mass is 9.79. The molecule has 0 saturated heterocycles. The van der Waals surface area contributed by atoms with Gasteiger partial charge in [0.2, 0.25) is 0 Å². The van der Waals surface area contributed by atoms with Crippen LogP contribution in [0.4, 0.5) is 0 Å². The molecule has 5 rings (SSSR count). The number of nitrogens with one attached hydrogen (secondary N) is 1. The van der Waals surface area contributed by atoms with Crippen LogP contribution in [0.2, 0.25) is 10.0 Å². The largest absolute Gasteiger partial charge is 0.490 e. The normalized spacial score (nSPS) is 16.0. The number of halogens is 2. The minimum Gasteiger partial charge on any atom is -0.490 e. The van der Waals surface area contributed by atoms with E-state index in [1.165, 1.54) is 0 Å². The number of ether oxygens (including phenoxy) is 3. The number of allylic oxidation sites excluding steroid dienone is 2. The molecule has 3 aromatic carbocycles. The molecule has 0 amide bonds. The number of ketones is 1. The minimum atomic E-state index is -0.650. The molecule has 8 heteroatoms. The fraction of sp³-hybridized carbons (Fsp3) is 0.226. The third-order valence-corrected chi connectivity index (χ3v) is 7.46. The molecule has 0 spiro atoms. The van der Waals surface area contributed by atoms with E-state index >= 15 is 0 Å². The topological polar surface area (TPSA) is 73.9 Å². The summed E-state index contributed by atoms with van der Waals surface area (Å²) in [6.45, 7) is 6.33. The quantitative estimate of drug-likeness (QED) is 0.294. The summed E-state index contributed by atoms with van der Waals surface area (Å²) >= 11 is 12.2. The van der Waals surface area contributed by atoms with Crippen LogP contribution in [-0.2, 0) is 16.1 Å². The Morgan fingerprint density at radius 3 is 2.38 bits per heavy atom. The van der Waals surface area contributed by atoms with Crippen LogP contribution in [-0.4, -0.2) is 25.0 Å². The molecule has 0 radical (unpaired) electrons. The summed E-state index contributed by atoms with van der Waals surface area (Å²) in [6, 6.07) is 18.2. The average molecular weight is 564 g/mol. The van der Waals surface area contributed by atoms with Crippen LogP contribution in [0.3, 0.4) is 0 Å². The third-order valence-electron chi connectivity index (χ3n) is 6.72. The van der Waals surface area contributed by atoms with E-state index in [0.717, 1.165) is 16.7 Å². The van der Waals surface area contributed by atoms with Crippen LogP contribution >= 0.6 is 23.2 Å². The number of dihydropyridines is 1. The molecule has 6 nitrogen and oxygen atoms in total. The van der Waals surface area contributed by atoms with Crippen LogP contribution in [0.15, 0.2) is 77.5 Å². The molecular formula is C31H27Cl2NO5. The highest BCUT2D eigenvalue weighted by atomic mass is 35.5. The SMILES string of the molecule is CCOC(=O)C1=C(C)NC2=C(C(=O)c3ccccc32)[C@@H]1c1ccc(OCc2ccc(Cl)c(Cl)c2)c(OCC)c1. The van der Waals surface area contributed by atoms with Crippen molar-refractivity contribution >= 4 is 40.7 Å². The highest BCUT2D eigenvalue weighted by Crippen LogP contribution is 2.48. The van der Waals surface area contributed by atoms with Crippen LogP contribution in [0.5, 0.6) is 11.5 Å². The minimum absolute atomic E-state index is 0.120. The van der Waals surface area contributed by atoms with Crippen LogP contribution < -0.4 is 14.8 Å². The molecule has 1 heterocycles. The van der Waals surface area contributed by atoms with Crippen molar-refractivity contribution in [2.45, 2.75) is 33.3 Å². The van der Waals surface area contributed by atoms with Gasteiger partial charge in [-0.05, 0) is 56.2 Å². The summed E-state index contributed by atoms with van der Waals surface area (Å²) in [6.07, 6.45) is 0. The van der Waals surface area contributed by atoms with Crippen LogP contribution in [0.1, 0.15) is 53.7 Å². The molecule has 0 unspecified atom stereocenters. The van der Waals surface area contributed by atoms with Crippen molar-refractivity contribution in [1.82, 2.24) is 5.32 Å². The summed E-state index contributed by atoms with van der Waals surface area (Å²) in [5.41, 5.74) is 5.24. The predicted octanol–water partition coefficient (Wildman–Crippen LogP) is 7.10. The Kier molecular flexibility index (Phi) is 7.69. The number of esters is 1. The molecule has 0 bridgehead atoms. The molecule has 0 fully saturated rings. The monoisotopic (exact) mass is 563 g/mol. The van der Waals surface area contributed by atoms with E-state index in [4.69, 9.17) is 37.4 Å². The Morgan fingerprint density at radius 2 is 1.67 bits per heavy atom. The lowest BCUT2D eigenvalue weighted by Crippen LogP contribution is -2.29. The van der Waals surface area contributed by atoms with Crippen LogP contribution in [0, 0.1) is 0 Å². The maximum Gasteiger partial charge on any atom is 0.336 e. The van der Waals surface area contributed by atoms with E-state index in [1.807, 2.05) is 50.2 Å². The zero-order chi connectivity index (χ0) is 27.7. The van der Waals surface area contributed by atoms with E-state index in [-0.39, 0.29) is 19.0 Å². The van der Waals surface area contributed by atoms with Crippen molar-refractivity contribution in [2.24, 2.45) is 0 Å². The van der Waals surface area contributed by atoms with Crippen molar-refractivity contribution in [3.8, 4) is 11.5 Å². The summed E-state index contributed by atoms with van der Waals surface area (Å²) in [4.78, 5) is 26.9. The second-order valence-corrected chi connectivity index (χ2v) is 9.97. The Morgan fingerprint density at radius 1 is 0.897 bits per heavy atom. The molecule has 39 heavy (non-hydrogen) atoms. The molecule has 0 aromatic heterocycles. The standard InChI is InChI=1S/C31H27Cl2NO5/c1-4-37-25-15-19(11-13-24(25)39-16-18-10-12-22(32)23(33)14-18)27-26(31(36)38-5-2)17(3)34-29-20-8-6-7-9-21(20)30(35)28(27)29/h6-15,27,34H,4-5,16H2,1-3H3/t27-/m1/s1. The molecule has 3 aromatic rings. The van der Waals surface area contributed by atoms with E-state index in [9.17, 15) is 9.59 Å². The van der Waals surface area contributed by atoms with Crippen molar-refractivity contribution in [3.05, 3.63) is 110 Å². The van der Waals surface area contributed by atoms with E-state index in [1.54, 1.807) is 31.2 Å². The lowest BCUT2D eigenvalue weighted by Gasteiger charge is -2.29.